The lowest BCUT2D eigenvalue weighted by atomic mass is 10.0. The number of hydrogen-bond acceptors (Lipinski definition) is 6. The quantitative estimate of drug-likeness (QED) is 0.709. The summed E-state index contributed by atoms with van der Waals surface area (Å²) in [6, 6.07) is 10.2. The van der Waals surface area contributed by atoms with Crippen molar-refractivity contribution in [2.45, 2.75) is 6.04 Å². The number of rotatable bonds is 6. The van der Waals surface area contributed by atoms with E-state index in [0.29, 0.717) is 34.6 Å². The van der Waals surface area contributed by atoms with Crippen LogP contribution in [0.3, 0.4) is 0 Å². The van der Waals surface area contributed by atoms with Crippen LogP contribution < -0.4 is 15.1 Å². The van der Waals surface area contributed by atoms with Crippen LogP contribution in [0.1, 0.15) is 9.67 Å². The Hall–Kier alpha value is -2.46. The van der Waals surface area contributed by atoms with Gasteiger partial charge in [-0.15, -0.1) is 11.3 Å². The second-order valence-electron chi connectivity index (χ2n) is 7.31. The van der Waals surface area contributed by atoms with Crippen LogP contribution in [0, 0.1) is 5.92 Å². The Morgan fingerprint density at radius 2 is 1.90 bits per heavy atom. The fraction of sp³-hybridized carbons (Fsp3) is 0.381. The third-order valence-corrected chi connectivity index (χ3v) is 6.60. The van der Waals surface area contributed by atoms with Gasteiger partial charge in [0.1, 0.15) is 6.61 Å². The minimum Gasteiger partial charge on any atom is -0.384 e. The van der Waals surface area contributed by atoms with Crippen LogP contribution in [0.5, 0.6) is 0 Å². The summed E-state index contributed by atoms with van der Waals surface area (Å²) in [5.41, 5.74) is 1.46. The van der Waals surface area contributed by atoms with Crippen LogP contribution in [0.4, 0.5) is 11.4 Å². The molecule has 3 amide bonds. The van der Waals surface area contributed by atoms with Gasteiger partial charge in [-0.05, 0) is 36.4 Å². The second kappa shape index (κ2) is 9.35. The first kappa shape index (κ1) is 21.8. The van der Waals surface area contributed by atoms with E-state index in [9.17, 15) is 14.4 Å². The lowest BCUT2D eigenvalue weighted by Gasteiger charge is -2.27. The molecule has 2 aliphatic heterocycles. The molecule has 3 heterocycles. The number of morpholine rings is 1. The average Bonchev–Trinajstić information content (AvgIpc) is 3.33. The third-order valence-electron chi connectivity index (χ3n) is 5.37. The number of methoxy groups -OCH3 is 1. The first-order valence-corrected chi connectivity index (χ1v) is 11.0. The molecule has 0 aliphatic carbocycles. The zero-order valence-electron chi connectivity index (χ0n) is 16.9. The van der Waals surface area contributed by atoms with Gasteiger partial charge in [0.2, 0.25) is 5.91 Å². The molecule has 2 saturated heterocycles. The molecule has 0 bridgehead atoms. The normalized spacial score (nSPS) is 21.6. The molecule has 2 atom stereocenters. The Morgan fingerprint density at radius 1 is 1.19 bits per heavy atom. The van der Waals surface area contributed by atoms with E-state index in [4.69, 9.17) is 21.1 Å². The highest BCUT2D eigenvalue weighted by atomic mass is 35.5. The van der Waals surface area contributed by atoms with Gasteiger partial charge in [-0.25, -0.2) is 0 Å². The molecule has 8 nitrogen and oxygen atoms in total. The summed E-state index contributed by atoms with van der Waals surface area (Å²) in [4.78, 5) is 41.5. The monoisotopic (exact) mass is 463 g/mol. The third kappa shape index (κ3) is 4.59. The summed E-state index contributed by atoms with van der Waals surface area (Å²) in [5, 5.41) is 2.95. The van der Waals surface area contributed by atoms with Gasteiger partial charge in [0.05, 0.1) is 34.4 Å². The minimum absolute atomic E-state index is 0.0713. The molecule has 1 aromatic heterocycles. The predicted molar refractivity (Wildman–Crippen MR) is 118 cm³/mol. The molecule has 4 rings (SSSR count). The van der Waals surface area contributed by atoms with Crippen molar-refractivity contribution in [1.29, 1.82) is 0 Å². The molecule has 0 spiro atoms. The van der Waals surface area contributed by atoms with E-state index in [2.05, 4.69) is 5.32 Å². The summed E-state index contributed by atoms with van der Waals surface area (Å²) in [5.74, 6) is -0.969. The van der Waals surface area contributed by atoms with E-state index < -0.39 is 12.0 Å². The van der Waals surface area contributed by atoms with Crippen molar-refractivity contribution in [2.75, 3.05) is 49.8 Å². The molecule has 1 N–H and O–H groups in total. The zero-order chi connectivity index (χ0) is 22.0. The van der Waals surface area contributed by atoms with E-state index in [-0.39, 0.29) is 30.9 Å². The number of halogens is 1. The van der Waals surface area contributed by atoms with Gasteiger partial charge in [-0.2, -0.15) is 0 Å². The maximum Gasteiger partial charge on any atom is 0.261 e. The summed E-state index contributed by atoms with van der Waals surface area (Å²) >= 11 is 7.12. The lowest BCUT2D eigenvalue weighted by molar-refractivity contribution is -0.125. The molecule has 164 valence electrons. The molecule has 0 radical (unpaired) electrons. The van der Waals surface area contributed by atoms with Crippen molar-refractivity contribution in [3.8, 4) is 0 Å². The molecule has 0 saturated carbocycles. The largest absolute Gasteiger partial charge is 0.384 e. The predicted octanol–water partition coefficient (Wildman–Crippen LogP) is 2.17. The number of ether oxygens (including phenoxy) is 2. The molecule has 31 heavy (non-hydrogen) atoms. The maximum absolute atomic E-state index is 13.1. The topological polar surface area (TPSA) is 88.2 Å². The van der Waals surface area contributed by atoms with Crippen molar-refractivity contribution in [1.82, 2.24) is 5.32 Å². The van der Waals surface area contributed by atoms with Crippen LogP contribution in [0.2, 0.25) is 4.34 Å². The van der Waals surface area contributed by atoms with Gasteiger partial charge in [-0.1, -0.05) is 11.6 Å². The molecule has 2 aliphatic rings. The van der Waals surface area contributed by atoms with Crippen molar-refractivity contribution >= 4 is 52.0 Å². The number of benzene rings is 1. The number of anilines is 2. The fourth-order valence-electron chi connectivity index (χ4n) is 3.81. The number of hydrogen-bond donors (Lipinski definition) is 1. The van der Waals surface area contributed by atoms with E-state index in [1.54, 1.807) is 21.9 Å². The highest BCUT2D eigenvalue weighted by molar-refractivity contribution is 7.18. The van der Waals surface area contributed by atoms with E-state index in [0.717, 1.165) is 5.69 Å². The number of carbonyl (C=O) groups is 3. The Kier molecular flexibility index (Phi) is 6.57. The second-order valence-corrected chi connectivity index (χ2v) is 9.02. The van der Waals surface area contributed by atoms with Crippen molar-refractivity contribution in [3.63, 3.8) is 0 Å². The van der Waals surface area contributed by atoms with E-state index >= 15 is 0 Å². The molecule has 2 fully saturated rings. The van der Waals surface area contributed by atoms with Crippen LogP contribution >= 0.6 is 22.9 Å². The Balaban J connectivity index is 1.49. The van der Waals surface area contributed by atoms with Gasteiger partial charge in [0.15, 0.2) is 0 Å². The summed E-state index contributed by atoms with van der Waals surface area (Å²) in [7, 11) is 1.53. The molecular formula is C21H22ClN3O5S. The van der Waals surface area contributed by atoms with Crippen LogP contribution in [-0.4, -0.2) is 63.8 Å². The number of thiophene rings is 1. The van der Waals surface area contributed by atoms with E-state index in [1.807, 2.05) is 24.3 Å². The smallest absolute Gasteiger partial charge is 0.261 e. The Bertz CT molecular complexity index is 980. The highest BCUT2D eigenvalue weighted by Crippen LogP contribution is 2.29. The highest BCUT2D eigenvalue weighted by Gasteiger charge is 2.42. The fourth-order valence-corrected chi connectivity index (χ4v) is 4.76. The van der Waals surface area contributed by atoms with Gasteiger partial charge in [0.25, 0.3) is 11.8 Å². The van der Waals surface area contributed by atoms with Crippen molar-refractivity contribution < 1.29 is 23.9 Å². The Morgan fingerprint density at radius 3 is 2.52 bits per heavy atom. The first-order chi connectivity index (χ1) is 15.0. The summed E-state index contributed by atoms with van der Waals surface area (Å²) < 4.78 is 10.9. The van der Waals surface area contributed by atoms with Crippen LogP contribution in [0.15, 0.2) is 36.4 Å². The SMILES string of the molecule is COC[C@@H]1C(=O)N(c2ccc(N3CCOCC3=O)cc2)C[C@@H]1NC(=O)c1ccc(Cl)s1. The molecule has 0 unspecified atom stereocenters. The van der Waals surface area contributed by atoms with Crippen molar-refractivity contribution in [2.24, 2.45) is 5.92 Å². The first-order valence-electron chi connectivity index (χ1n) is 9.82. The van der Waals surface area contributed by atoms with Crippen LogP contribution in [-0.2, 0) is 19.1 Å². The molecular weight excluding hydrogens is 442 g/mol. The van der Waals surface area contributed by atoms with Crippen LogP contribution in [0.25, 0.3) is 0 Å². The molecule has 10 heteroatoms. The lowest BCUT2D eigenvalue weighted by Crippen LogP contribution is -2.42. The summed E-state index contributed by atoms with van der Waals surface area (Å²) in [6.45, 7) is 1.59. The van der Waals surface area contributed by atoms with Gasteiger partial charge >= 0.3 is 0 Å². The van der Waals surface area contributed by atoms with Gasteiger partial charge < -0.3 is 24.6 Å². The Labute approximate surface area is 188 Å². The zero-order valence-corrected chi connectivity index (χ0v) is 18.4. The number of nitrogens with zero attached hydrogens (tertiary/aromatic N) is 2. The maximum atomic E-state index is 13.1. The summed E-state index contributed by atoms with van der Waals surface area (Å²) in [6.07, 6.45) is 0. The number of carbonyl (C=O) groups excluding carboxylic acids is 3. The van der Waals surface area contributed by atoms with Gasteiger partial charge in [0, 0.05) is 31.6 Å². The number of nitrogens with one attached hydrogen (secondary N) is 1. The van der Waals surface area contributed by atoms with Gasteiger partial charge in [-0.3, -0.25) is 14.4 Å². The molecule has 1 aromatic carbocycles. The van der Waals surface area contributed by atoms with E-state index in [1.165, 1.54) is 18.4 Å². The average molecular weight is 464 g/mol. The molecule has 2 aromatic rings. The van der Waals surface area contributed by atoms with Crippen molar-refractivity contribution in [3.05, 3.63) is 45.6 Å². The number of amides is 3. The standard InChI is InChI=1S/C21H22ClN3O5S/c1-29-11-15-16(23-20(27)17-6-7-18(22)31-17)10-25(21(15)28)14-4-2-13(3-5-14)24-8-9-30-12-19(24)26/h2-7,15-16H,8-12H2,1H3,(H,23,27)/t15-,16-/m0/s1. The minimum atomic E-state index is -0.495.